The number of amides is 1. The van der Waals surface area contributed by atoms with Gasteiger partial charge in [-0.25, -0.2) is 4.98 Å². The number of benzene rings is 1. The Morgan fingerprint density at radius 3 is 2.55 bits per heavy atom. The summed E-state index contributed by atoms with van der Waals surface area (Å²) in [6.45, 7) is 1.71. The predicted molar refractivity (Wildman–Crippen MR) is 69.4 cm³/mol. The molecule has 1 heterocycles. The van der Waals surface area contributed by atoms with Crippen molar-refractivity contribution in [1.82, 2.24) is 10.3 Å². The summed E-state index contributed by atoms with van der Waals surface area (Å²) in [5, 5.41) is 2.54. The van der Waals surface area contributed by atoms with Gasteiger partial charge >= 0.3 is 6.18 Å². The maximum Gasteiger partial charge on any atom is 0.434 e. The van der Waals surface area contributed by atoms with E-state index in [1.807, 2.05) is 6.07 Å². The molecule has 0 fully saturated rings. The van der Waals surface area contributed by atoms with E-state index in [1.165, 1.54) is 0 Å². The summed E-state index contributed by atoms with van der Waals surface area (Å²) >= 11 is 0.679. The van der Waals surface area contributed by atoms with Gasteiger partial charge in [-0.15, -0.1) is 11.3 Å². The topological polar surface area (TPSA) is 42.0 Å². The average molecular weight is 300 g/mol. The third-order valence-corrected chi connectivity index (χ3v) is 3.51. The minimum absolute atomic E-state index is 0.383. The van der Waals surface area contributed by atoms with Crippen LogP contribution >= 0.6 is 11.3 Å². The summed E-state index contributed by atoms with van der Waals surface area (Å²) in [6.07, 6.45) is -4.62. The lowest BCUT2D eigenvalue weighted by atomic mass is 10.1. The van der Waals surface area contributed by atoms with Crippen molar-refractivity contribution in [2.24, 2.45) is 0 Å². The Kier molecular flexibility index (Phi) is 4.08. The second-order valence-electron chi connectivity index (χ2n) is 4.13. The number of rotatable bonds is 3. The minimum atomic E-state index is -4.62. The lowest BCUT2D eigenvalue weighted by Crippen LogP contribution is -2.27. The molecule has 20 heavy (non-hydrogen) atoms. The van der Waals surface area contributed by atoms with E-state index in [0.717, 1.165) is 11.1 Å². The Morgan fingerprint density at radius 2 is 1.95 bits per heavy atom. The standard InChI is InChI=1S/C13H11F3N2OS/c1-8(9-5-3-2-4-6-9)18-12(19)10-11(13(14,15)16)17-7-20-10/h2-8H,1H3,(H,18,19). The number of halogens is 3. The smallest absolute Gasteiger partial charge is 0.345 e. The summed E-state index contributed by atoms with van der Waals surface area (Å²) in [5.74, 6) is -0.767. The van der Waals surface area contributed by atoms with Crippen LogP contribution in [0.25, 0.3) is 0 Å². The Labute approximate surface area is 117 Å². The number of carbonyl (C=O) groups is 1. The molecule has 2 aromatic rings. The molecule has 0 aliphatic rings. The molecule has 1 unspecified atom stereocenters. The Morgan fingerprint density at radius 1 is 1.30 bits per heavy atom. The van der Waals surface area contributed by atoms with Crippen LogP contribution in [0.4, 0.5) is 13.2 Å². The van der Waals surface area contributed by atoms with E-state index in [9.17, 15) is 18.0 Å². The Bertz CT molecular complexity index is 595. The lowest BCUT2D eigenvalue weighted by molar-refractivity contribution is -0.141. The summed E-state index contributed by atoms with van der Waals surface area (Å²) in [7, 11) is 0. The number of hydrogen-bond acceptors (Lipinski definition) is 3. The van der Waals surface area contributed by atoms with Gasteiger partial charge in [0.15, 0.2) is 5.69 Å². The van der Waals surface area contributed by atoms with Crippen LogP contribution in [-0.2, 0) is 6.18 Å². The zero-order valence-electron chi connectivity index (χ0n) is 10.4. The molecule has 0 saturated heterocycles. The molecular formula is C13H11F3N2OS. The normalized spacial score (nSPS) is 13.0. The first-order chi connectivity index (χ1) is 9.39. The van der Waals surface area contributed by atoms with Gasteiger partial charge in [-0.2, -0.15) is 13.2 Å². The molecule has 0 saturated carbocycles. The highest BCUT2D eigenvalue weighted by Crippen LogP contribution is 2.32. The van der Waals surface area contributed by atoms with Crippen LogP contribution in [-0.4, -0.2) is 10.9 Å². The van der Waals surface area contributed by atoms with E-state index in [1.54, 1.807) is 31.2 Å². The number of nitrogens with one attached hydrogen (secondary N) is 1. The molecule has 7 heteroatoms. The molecule has 2 rings (SSSR count). The van der Waals surface area contributed by atoms with Gasteiger partial charge in [0.2, 0.25) is 0 Å². The number of alkyl halides is 3. The van der Waals surface area contributed by atoms with Gasteiger partial charge in [0, 0.05) is 0 Å². The molecule has 106 valence electrons. The van der Waals surface area contributed by atoms with Gasteiger partial charge in [-0.3, -0.25) is 4.79 Å². The highest BCUT2D eigenvalue weighted by Gasteiger charge is 2.38. The van der Waals surface area contributed by atoms with Crippen molar-refractivity contribution in [3.05, 3.63) is 52.0 Å². The fourth-order valence-corrected chi connectivity index (χ4v) is 2.41. The van der Waals surface area contributed by atoms with Crippen LogP contribution in [0.3, 0.4) is 0 Å². The molecule has 0 aliphatic heterocycles. The molecule has 1 aromatic carbocycles. The van der Waals surface area contributed by atoms with Crippen molar-refractivity contribution >= 4 is 17.2 Å². The fourth-order valence-electron chi connectivity index (χ4n) is 1.70. The van der Waals surface area contributed by atoms with E-state index < -0.39 is 22.7 Å². The van der Waals surface area contributed by atoms with Crippen molar-refractivity contribution < 1.29 is 18.0 Å². The molecule has 1 aromatic heterocycles. The monoisotopic (exact) mass is 300 g/mol. The third-order valence-electron chi connectivity index (χ3n) is 2.69. The van der Waals surface area contributed by atoms with Crippen molar-refractivity contribution in [3.63, 3.8) is 0 Å². The molecule has 1 N–H and O–H groups in total. The minimum Gasteiger partial charge on any atom is -0.345 e. The zero-order chi connectivity index (χ0) is 14.8. The molecule has 0 spiro atoms. The third kappa shape index (κ3) is 3.16. The first-order valence-electron chi connectivity index (χ1n) is 5.76. The largest absolute Gasteiger partial charge is 0.434 e. The maximum absolute atomic E-state index is 12.7. The first-order valence-corrected chi connectivity index (χ1v) is 6.64. The fraction of sp³-hybridized carbons (Fsp3) is 0.231. The first kappa shape index (κ1) is 14.5. The van der Waals surface area contributed by atoms with Crippen molar-refractivity contribution in [2.75, 3.05) is 0 Å². The number of carbonyl (C=O) groups excluding carboxylic acids is 1. The summed E-state index contributed by atoms with van der Waals surface area (Å²) in [4.78, 5) is 14.7. The predicted octanol–water partition coefficient (Wildman–Crippen LogP) is 3.65. The van der Waals surface area contributed by atoms with Crippen LogP contribution in [0.5, 0.6) is 0 Å². The molecule has 1 atom stereocenters. The van der Waals surface area contributed by atoms with E-state index in [-0.39, 0.29) is 6.04 Å². The average Bonchev–Trinajstić information content (AvgIpc) is 2.89. The molecular weight excluding hydrogens is 289 g/mol. The number of hydrogen-bond donors (Lipinski definition) is 1. The quantitative estimate of drug-likeness (QED) is 0.940. The molecule has 0 radical (unpaired) electrons. The second-order valence-corrected chi connectivity index (χ2v) is 4.99. The van der Waals surface area contributed by atoms with Gasteiger partial charge in [0.1, 0.15) is 4.88 Å². The molecule has 1 amide bonds. The Hall–Kier alpha value is -1.89. The number of nitrogens with zero attached hydrogens (tertiary/aromatic N) is 1. The highest BCUT2D eigenvalue weighted by atomic mass is 32.1. The van der Waals surface area contributed by atoms with Crippen molar-refractivity contribution in [1.29, 1.82) is 0 Å². The molecule has 0 bridgehead atoms. The van der Waals surface area contributed by atoms with Gasteiger partial charge in [0.25, 0.3) is 5.91 Å². The van der Waals surface area contributed by atoms with Crippen LogP contribution in [0, 0.1) is 0 Å². The van der Waals surface area contributed by atoms with Crippen LogP contribution in [0.2, 0.25) is 0 Å². The van der Waals surface area contributed by atoms with Crippen LogP contribution in [0.15, 0.2) is 35.8 Å². The van der Waals surface area contributed by atoms with E-state index >= 15 is 0 Å². The Balaban J connectivity index is 2.16. The second kappa shape index (κ2) is 5.62. The van der Waals surface area contributed by atoms with Crippen LogP contribution < -0.4 is 5.32 Å². The highest BCUT2D eigenvalue weighted by molar-refractivity contribution is 7.11. The molecule has 3 nitrogen and oxygen atoms in total. The zero-order valence-corrected chi connectivity index (χ0v) is 11.3. The van der Waals surface area contributed by atoms with Gasteiger partial charge in [-0.05, 0) is 12.5 Å². The molecule has 0 aliphatic carbocycles. The van der Waals surface area contributed by atoms with E-state index in [0.29, 0.717) is 11.3 Å². The van der Waals surface area contributed by atoms with Crippen LogP contribution in [0.1, 0.15) is 33.9 Å². The van der Waals surface area contributed by atoms with E-state index in [2.05, 4.69) is 10.3 Å². The van der Waals surface area contributed by atoms with E-state index in [4.69, 9.17) is 0 Å². The van der Waals surface area contributed by atoms with Crippen molar-refractivity contribution in [2.45, 2.75) is 19.1 Å². The lowest BCUT2D eigenvalue weighted by Gasteiger charge is -2.14. The SMILES string of the molecule is CC(NC(=O)c1scnc1C(F)(F)F)c1ccccc1. The summed E-state index contributed by atoms with van der Waals surface area (Å²) in [5.41, 5.74) is 0.699. The maximum atomic E-state index is 12.7. The number of aromatic nitrogens is 1. The number of thiazole rings is 1. The summed E-state index contributed by atoms with van der Waals surface area (Å²) in [6, 6.07) is 8.62. The van der Waals surface area contributed by atoms with Gasteiger partial charge in [-0.1, -0.05) is 30.3 Å². The summed E-state index contributed by atoms with van der Waals surface area (Å²) < 4.78 is 38.0. The van der Waals surface area contributed by atoms with Crippen molar-refractivity contribution in [3.8, 4) is 0 Å². The van der Waals surface area contributed by atoms with Gasteiger partial charge in [0.05, 0.1) is 11.6 Å². The van der Waals surface area contributed by atoms with Gasteiger partial charge < -0.3 is 5.32 Å².